The lowest BCUT2D eigenvalue weighted by Crippen LogP contribution is -2.21. The average Bonchev–Trinajstić information content (AvgIpc) is 2.26. The Bertz CT molecular complexity index is 309. The van der Waals surface area contributed by atoms with Crippen LogP contribution >= 0.6 is 0 Å². The summed E-state index contributed by atoms with van der Waals surface area (Å²) in [6, 6.07) is 6.87. The highest BCUT2D eigenvalue weighted by Gasteiger charge is 2.03. The first-order chi connectivity index (χ1) is 7.17. The normalized spacial score (nSPS) is 12.5. The van der Waals surface area contributed by atoms with E-state index in [1.165, 1.54) is 17.5 Å². The molecule has 15 heavy (non-hydrogen) atoms. The minimum absolute atomic E-state index is 0.575. The number of aryl methyl sites for hydroxylation is 2. The maximum absolute atomic E-state index is 5.18. The molecule has 2 heteroatoms. The maximum Gasteiger partial charge on any atom is 0.119 e. The van der Waals surface area contributed by atoms with Crippen molar-refractivity contribution in [1.29, 1.82) is 0 Å². The fourth-order valence-electron chi connectivity index (χ4n) is 1.59. The number of hydrogen-bond acceptors (Lipinski definition) is 2. The summed E-state index contributed by atoms with van der Waals surface area (Å²) >= 11 is 0. The number of hydrogen-bond donors (Lipinski definition) is 1. The standard InChI is InChI=1S/C13H21NO/c1-10-9-13(15-4)8-7-12(10)6-5-11(2)14-3/h7-9,11,14H,5-6H2,1-4H3. The van der Waals surface area contributed by atoms with E-state index < -0.39 is 0 Å². The first-order valence-corrected chi connectivity index (χ1v) is 5.48. The van der Waals surface area contributed by atoms with Crippen molar-refractivity contribution in [2.24, 2.45) is 0 Å². The second kappa shape index (κ2) is 5.76. The van der Waals surface area contributed by atoms with Gasteiger partial charge in [-0.2, -0.15) is 0 Å². The molecule has 0 aliphatic rings. The van der Waals surface area contributed by atoms with E-state index in [1.807, 2.05) is 13.1 Å². The lowest BCUT2D eigenvalue weighted by molar-refractivity contribution is 0.414. The SMILES string of the molecule is CNC(C)CCc1ccc(OC)cc1C. The lowest BCUT2D eigenvalue weighted by Gasteiger charge is -2.12. The summed E-state index contributed by atoms with van der Waals surface area (Å²) in [6.07, 6.45) is 2.29. The molecule has 2 nitrogen and oxygen atoms in total. The van der Waals surface area contributed by atoms with Gasteiger partial charge in [0.1, 0.15) is 5.75 Å². The topological polar surface area (TPSA) is 21.3 Å². The predicted octanol–water partition coefficient (Wildman–Crippen LogP) is 2.54. The van der Waals surface area contributed by atoms with Crippen LogP contribution in [-0.2, 0) is 6.42 Å². The smallest absolute Gasteiger partial charge is 0.119 e. The van der Waals surface area contributed by atoms with Gasteiger partial charge in [-0.05, 0) is 57.0 Å². The van der Waals surface area contributed by atoms with Crippen molar-refractivity contribution in [3.8, 4) is 5.75 Å². The fraction of sp³-hybridized carbons (Fsp3) is 0.538. The van der Waals surface area contributed by atoms with Gasteiger partial charge in [-0.15, -0.1) is 0 Å². The fourth-order valence-corrected chi connectivity index (χ4v) is 1.59. The van der Waals surface area contributed by atoms with Crippen molar-refractivity contribution < 1.29 is 4.74 Å². The van der Waals surface area contributed by atoms with E-state index in [9.17, 15) is 0 Å². The quantitative estimate of drug-likeness (QED) is 0.801. The van der Waals surface area contributed by atoms with Gasteiger partial charge in [-0.3, -0.25) is 0 Å². The molecule has 1 atom stereocenters. The molecule has 0 fully saturated rings. The zero-order valence-corrected chi connectivity index (χ0v) is 10.1. The Morgan fingerprint density at radius 2 is 2.13 bits per heavy atom. The van der Waals surface area contributed by atoms with Gasteiger partial charge in [0, 0.05) is 6.04 Å². The van der Waals surface area contributed by atoms with Crippen LogP contribution in [0.2, 0.25) is 0 Å². The summed E-state index contributed by atoms with van der Waals surface area (Å²) in [5.41, 5.74) is 2.73. The first-order valence-electron chi connectivity index (χ1n) is 5.48. The second-order valence-corrected chi connectivity index (χ2v) is 4.02. The highest BCUT2D eigenvalue weighted by Crippen LogP contribution is 2.18. The molecule has 0 heterocycles. The Kier molecular flexibility index (Phi) is 4.63. The molecule has 1 aromatic rings. The van der Waals surface area contributed by atoms with Crippen molar-refractivity contribution in [1.82, 2.24) is 5.32 Å². The maximum atomic E-state index is 5.18. The predicted molar refractivity (Wildman–Crippen MR) is 64.6 cm³/mol. The molecule has 0 saturated heterocycles. The first kappa shape index (κ1) is 12.1. The largest absolute Gasteiger partial charge is 0.497 e. The highest BCUT2D eigenvalue weighted by atomic mass is 16.5. The monoisotopic (exact) mass is 207 g/mol. The van der Waals surface area contributed by atoms with Crippen molar-refractivity contribution in [2.45, 2.75) is 32.7 Å². The molecule has 1 N–H and O–H groups in total. The zero-order valence-electron chi connectivity index (χ0n) is 10.1. The van der Waals surface area contributed by atoms with Crippen molar-refractivity contribution in [3.05, 3.63) is 29.3 Å². The Balaban J connectivity index is 2.62. The molecule has 0 aliphatic carbocycles. The molecule has 0 amide bonds. The average molecular weight is 207 g/mol. The van der Waals surface area contributed by atoms with Gasteiger partial charge in [0.05, 0.1) is 7.11 Å². The molecule has 0 aliphatic heterocycles. The van der Waals surface area contributed by atoms with Crippen LogP contribution in [0.25, 0.3) is 0 Å². The van der Waals surface area contributed by atoms with Gasteiger partial charge in [-0.1, -0.05) is 6.07 Å². The summed E-state index contributed by atoms with van der Waals surface area (Å²) in [5.74, 6) is 0.943. The zero-order chi connectivity index (χ0) is 11.3. The van der Waals surface area contributed by atoms with Gasteiger partial charge in [-0.25, -0.2) is 0 Å². The second-order valence-electron chi connectivity index (χ2n) is 4.02. The van der Waals surface area contributed by atoms with Crippen LogP contribution in [0.5, 0.6) is 5.75 Å². The van der Waals surface area contributed by atoms with E-state index >= 15 is 0 Å². The minimum Gasteiger partial charge on any atom is -0.497 e. The van der Waals surface area contributed by atoms with E-state index in [1.54, 1.807) is 7.11 Å². The van der Waals surface area contributed by atoms with E-state index in [4.69, 9.17) is 4.74 Å². The highest BCUT2D eigenvalue weighted by molar-refractivity contribution is 5.34. The summed E-state index contributed by atoms with van der Waals surface area (Å²) in [5, 5.41) is 3.25. The molecule has 1 rings (SSSR count). The molecule has 0 aromatic heterocycles. The summed E-state index contributed by atoms with van der Waals surface area (Å²) in [4.78, 5) is 0. The number of benzene rings is 1. The van der Waals surface area contributed by atoms with Gasteiger partial charge in [0.15, 0.2) is 0 Å². The van der Waals surface area contributed by atoms with Gasteiger partial charge in [0.25, 0.3) is 0 Å². The van der Waals surface area contributed by atoms with Crippen molar-refractivity contribution >= 4 is 0 Å². The Morgan fingerprint density at radius 3 is 2.67 bits per heavy atom. The number of rotatable bonds is 5. The molecule has 0 bridgehead atoms. The third-order valence-electron chi connectivity index (χ3n) is 2.89. The molecular weight excluding hydrogens is 186 g/mol. The Hall–Kier alpha value is -1.02. The number of ether oxygens (including phenoxy) is 1. The third-order valence-corrected chi connectivity index (χ3v) is 2.89. The molecule has 1 aromatic carbocycles. The van der Waals surface area contributed by atoms with Crippen LogP contribution in [-0.4, -0.2) is 20.2 Å². The van der Waals surface area contributed by atoms with Crippen LogP contribution in [0, 0.1) is 6.92 Å². The molecule has 1 unspecified atom stereocenters. The van der Waals surface area contributed by atoms with Crippen molar-refractivity contribution in [3.63, 3.8) is 0 Å². The van der Waals surface area contributed by atoms with Gasteiger partial charge in [0.2, 0.25) is 0 Å². The lowest BCUT2D eigenvalue weighted by atomic mass is 10.0. The van der Waals surface area contributed by atoms with E-state index in [0.29, 0.717) is 6.04 Å². The van der Waals surface area contributed by atoms with Crippen LogP contribution in [0.4, 0.5) is 0 Å². The van der Waals surface area contributed by atoms with E-state index in [0.717, 1.165) is 12.2 Å². The third kappa shape index (κ3) is 3.56. The Labute approximate surface area is 92.6 Å². The van der Waals surface area contributed by atoms with Crippen LogP contribution in [0.15, 0.2) is 18.2 Å². The van der Waals surface area contributed by atoms with Crippen molar-refractivity contribution in [2.75, 3.05) is 14.2 Å². The van der Waals surface area contributed by atoms with Crippen LogP contribution < -0.4 is 10.1 Å². The van der Waals surface area contributed by atoms with Crippen LogP contribution in [0.1, 0.15) is 24.5 Å². The van der Waals surface area contributed by atoms with E-state index in [2.05, 4.69) is 31.3 Å². The molecular formula is C13H21NO. The Morgan fingerprint density at radius 1 is 1.40 bits per heavy atom. The molecule has 0 spiro atoms. The summed E-state index contributed by atoms with van der Waals surface area (Å²) in [6.45, 7) is 4.35. The van der Waals surface area contributed by atoms with Crippen LogP contribution in [0.3, 0.4) is 0 Å². The summed E-state index contributed by atoms with van der Waals surface area (Å²) < 4.78 is 5.18. The molecule has 84 valence electrons. The number of nitrogens with one attached hydrogen (secondary N) is 1. The summed E-state index contributed by atoms with van der Waals surface area (Å²) in [7, 11) is 3.71. The van der Waals surface area contributed by atoms with Gasteiger partial charge >= 0.3 is 0 Å². The minimum atomic E-state index is 0.575. The van der Waals surface area contributed by atoms with E-state index in [-0.39, 0.29) is 0 Å². The molecule has 0 saturated carbocycles. The van der Waals surface area contributed by atoms with Gasteiger partial charge < -0.3 is 10.1 Å². The number of methoxy groups -OCH3 is 1. The molecule has 0 radical (unpaired) electrons.